The molecular formula is C24H28N4O4S. The van der Waals surface area contributed by atoms with Crippen molar-refractivity contribution in [2.75, 3.05) is 13.7 Å². The lowest BCUT2D eigenvalue weighted by Gasteiger charge is -2.24. The van der Waals surface area contributed by atoms with Crippen LogP contribution in [0.1, 0.15) is 49.7 Å². The molecule has 174 valence electrons. The van der Waals surface area contributed by atoms with Gasteiger partial charge in [0.1, 0.15) is 10.6 Å². The van der Waals surface area contributed by atoms with Gasteiger partial charge in [0.2, 0.25) is 5.91 Å². The number of nitrogens with zero attached hydrogens (tertiary/aromatic N) is 3. The number of sulfonamides is 1. The number of amidine groups is 1. The number of benzene rings is 2. The molecule has 0 saturated heterocycles. The number of methoxy groups -OCH3 is 1. The lowest BCUT2D eigenvalue weighted by atomic mass is 9.95. The number of fused-ring (bicyclic) bond motifs is 1. The number of carbonyl (C=O) groups is 1. The van der Waals surface area contributed by atoms with Crippen molar-refractivity contribution < 1.29 is 17.9 Å². The second kappa shape index (κ2) is 10.2. The molecule has 2 aliphatic rings. The highest BCUT2D eigenvalue weighted by Gasteiger charge is 2.32. The molecule has 9 heteroatoms. The predicted molar refractivity (Wildman–Crippen MR) is 127 cm³/mol. The molecule has 0 bridgehead atoms. The lowest BCUT2D eigenvalue weighted by Crippen LogP contribution is -2.38. The molecule has 1 fully saturated rings. The summed E-state index contributed by atoms with van der Waals surface area (Å²) in [6.07, 6.45) is 7.29. The van der Waals surface area contributed by atoms with E-state index in [0.717, 1.165) is 37.0 Å². The van der Waals surface area contributed by atoms with Crippen molar-refractivity contribution >= 4 is 28.0 Å². The van der Waals surface area contributed by atoms with Gasteiger partial charge in [0.25, 0.3) is 10.0 Å². The van der Waals surface area contributed by atoms with E-state index in [-0.39, 0.29) is 35.6 Å². The van der Waals surface area contributed by atoms with E-state index in [1.54, 1.807) is 31.5 Å². The lowest BCUT2D eigenvalue weighted by molar-refractivity contribution is -0.122. The summed E-state index contributed by atoms with van der Waals surface area (Å²) < 4.78 is 34.3. The SMILES string of the molecule is COc1ccc(/C=N/N(CCC(=O)NC2CCCCC2)C2=NS(=O)(=O)c3ccccc32)cc1. The second-order valence-corrected chi connectivity index (χ2v) is 9.75. The van der Waals surface area contributed by atoms with Gasteiger partial charge in [0.05, 0.1) is 19.9 Å². The molecule has 1 heterocycles. The average Bonchev–Trinajstić information content (AvgIpc) is 3.11. The molecule has 2 aromatic carbocycles. The van der Waals surface area contributed by atoms with Crippen LogP contribution in [-0.2, 0) is 14.8 Å². The summed E-state index contributed by atoms with van der Waals surface area (Å²) in [6.45, 7) is 0.202. The van der Waals surface area contributed by atoms with Crippen molar-refractivity contribution in [2.45, 2.75) is 49.5 Å². The van der Waals surface area contributed by atoms with E-state index in [0.29, 0.717) is 5.56 Å². The third-order valence-corrected chi connectivity index (χ3v) is 7.17. The number of carbonyl (C=O) groups excluding carboxylic acids is 1. The Balaban J connectivity index is 1.54. The topological polar surface area (TPSA) is 100 Å². The molecule has 1 aliphatic carbocycles. The van der Waals surface area contributed by atoms with E-state index in [9.17, 15) is 13.2 Å². The quantitative estimate of drug-likeness (QED) is 0.496. The highest BCUT2D eigenvalue weighted by molar-refractivity contribution is 7.90. The van der Waals surface area contributed by atoms with Gasteiger partial charge in [0.15, 0.2) is 5.84 Å². The summed E-state index contributed by atoms with van der Waals surface area (Å²) in [4.78, 5) is 12.7. The molecule has 8 nitrogen and oxygen atoms in total. The zero-order valence-electron chi connectivity index (χ0n) is 18.6. The van der Waals surface area contributed by atoms with Crippen LogP contribution in [0.2, 0.25) is 0 Å². The average molecular weight is 469 g/mol. The van der Waals surface area contributed by atoms with Crippen LogP contribution in [0.25, 0.3) is 0 Å². The maximum atomic E-state index is 12.6. The van der Waals surface area contributed by atoms with E-state index in [1.807, 2.05) is 24.3 Å². The molecule has 0 spiro atoms. The van der Waals surface area contributed by atoms with E-state index in [4.69, 9.17) is 4.74 Å². The van der Waals surface area contributed by atoms with Crippen LogP contribution < -0.4 is 10.1 Å². The molecule has 1 saturated carbocycles. The van der Waals surface area contributed by atoms with E-state index in [2.05, 4.69) is 14.8 Å². The maximum Gasteiger partial charge on any atom is 0.285 e. The van der Waals surface area contributed by atoms with E-state index >= 15 is 0 Å². The maximum absolute atomic E-state index is 12.6. The van der Waals surface area contributed by atoms with Gasteiger partial charge in [-0.05, 0) is 54.8 Å². The molecule has 1 N–H and O–H groups in total. The summed E-state index contributed by atoms with van der Waals surface area (Å²) in [5, 5.41) is 9.10. The molecule has 0 unspecified atom stereocenters. The van der Waals surface area contributed by atoms with Crippen LogP contribution in [0, 0.1) is 0 Å². The fourth-order valence-electron chi connectivity index (χ4n) is 4.07. The first-order valence-electron chi connectivity index (χ1n) is 11.2. The Labute approximate surface area is 194 Å². The summed E-state index contributed by atoms with van der Waals surface area (Å²) in [7, 11) is -2.20. The van der Waals surface area contributed by atoms with Crippen molar-refractivity contribution in [1.82, 2.24) is 10.3 Å². The Hall–Kier alpha value is -3.20. The summed E-state index contributed by atoms with van der Waals surface area (Å²) in [5.74, 6) is 0.880. The van der Waals surface area contributed by atoms with Gasteiger partial charge in [-0.15, -0.1) is 4.40 Å². The second-order valence-electron chi connectivity index (χ2n) is 8.18. The number of amides is 1. The smallest absolute Gasteiger partial charge is 0.285 e. The zero-order valence-corrected chi connectivity index (χ0v) is 19.4. The van der Waals surface area contributed by atoms with Crippen LogP contribution in [0.5, 0.6) is 5.75 Å². The highest BCUT2D eigenvalue weighted by atomic mass is 32.2. The molecular weight excluding hydrogens is 440 g/mol. The van der Waals surface area contributed by atoms with Gasteiger partial charge in [-0.25, -0.2) is 5.01 Å². The molecule has 33 heavy (non-hydrogen) atoms. The van der Waals surface area contributed by atoms with Gasteiger partial charge < -0.3 is 10.1 Å². The van der Waals surface area contributed by atoms with Gasteiger partial charge >= 0.3 is 0 Å². The van der Waals surface area contributed by atoms with Gasteiger partial charge in [0, 0.05) is 18.0 Å². The standard InChI is InChI=1S/C24H28N4O4S/c1-32-20-13-11-18(12-14-20)17-25-28(16-15-23(29)26-19-7-3-2-4-8-19)24-21-9-5-6-10-22(21)33(30,31)27-24/h5-6,9-14,17,19H,2-4,7-8,15-16H2,1H3,(H,26,29)/b25-17+. The molecule has 2 aromatic rings. The van der Waals surface area contributed by atoms with Crippen molar-refractivity contribution in [1.29, 1.82) is 0 Å². The Bertz CT molecular complexity index is 1150. The minimum atomic E-state index is -3.80. The third-order valence-electron chi connectivity index (χ3n) is 5.84. The molecule has 0 atom stereocenters. The van der Waals surface area contributed by atoms with Crippen molar-refractivity contribution in [3.8, 4) is 5.75 Å². The fraction of sp³-hybridized carbons (Fsp3) is 0.375. The summed E-state index contributed by atoms with van der Waals surface area (Å²) in [6, 6.07) is 14.2. The van der Waals surface area contributed by atoms with Crippen molar-refractivity contribution in [3.05, 3.63) is 59.7 Å². The predicted octanol–water partition coefficient (Wildman–Crippen LogP) is 3.32. The Morgan fingerprint density at radius 3 is 2.61 bits per heavy atom. The zero-order chi connectivity index (χ0) is 23.3. The Morgan fingerprint density at radius 2 is 1.88 bits per heavy atom. The van der Waals surface area contributed by atoms with Crippen LogP contribution in [0.3, 0.4) is 0 Å². The van der Waals surface area contributed by atoms with Crippen LogP contribution in [0.15, 0.2) is 62.9 Å². The highest BCUT2D eigenvalue weighted by Crippen LogP contribution is 2.27. The van der Waals surface area contributed by atoms with E-state index in [1.165, 1.54) is 17.5 Å². The van der Waals surface area contributed by atoms with Crippen molar-refractivity contribution in [2.24, 2.45) is 9.50 Å². The van der Waals surface area contributed by atoms with Gasteiger partial charge in [-0.2, -0.15) is 13.5 Å². The third kappa shape index (κ3) is 5.60. The monoisotopic (exact) mass is 468 g/mol. The number of hydrazone groups is 1. The van der Waals surface area contributed by atoms with Gasteiger partial charge in [-0.3, -0.25) is 4.79 Å². The Kier molecular flexibility index (Phi) is 7.08. The first-order valence-corrected chi connectivity index (χ1v) is 12.6. The molecule has 0 aromatic heterocycles. The first kappa shape index (κ1) is 23.0. The molecule has 0 radical (unpaired) electrons. The fourth-order valence-corrected chi connectivity index (χ4v) is 5.28. The number of hydrogen-bond acceptors (Lipinski definition) is 6. The number of rotatable bonds is 7. The number of nitrogens with one attached hydrogen (secondary N) is 1. The minimum Gasteiger partial charge on any atom is -0.497 e. The molecule has 1 aliphatic heterocycles. The molecule has 1 amide bonds. The summed E-state index contributed by atoms with van der Waals surface area (Å²) in [5.41, 5.74) is 1.29. The van der Waals surface area contributed by atoms with E-state index < -0.39 is 10.0 Å². The van der Waals surface area contributed by atoms with Crippen molar-refractivity contribution in [3.63, 3.8) is 0 Å². The van der Waals surface area contributed by atoms with Gasteiger partial charge in [-0.1, -0.05) is 31.4 Å². The van der Waals surface area contributed by atoms with Crippen LogP contribution in [0.4, 0.5) is 0 Å². The normalized spacial score (nSPS) is 17.4. The first-order chi connectivity index (χ1) is 16.0. The number of hydrogen-bond donors (Lipinski definition) is 1. The Morgan fingerprint density at radius 1 is 1.15 bits per heavy atom. The molecule has 4 rings (SSSR count). The van der Waals surface area contributed by atoms with Crippen LogP contribution in [-0.4, -0.2) is 51.1 Å². The number of ether oxygens (including phenoxy) is 1. The minimum absolute atomic E-state index is 0.0683. The van der Waals surface area contributed by atoms with Crippen LogP contribution >= 0.6 is 0 Å². The largest absolute Gasteiger partial charge is 0.497 e. The summed E-state index contributed by atoms with van der Waals surface area (Å²) >= 11 is 0.